The molecule has 0 heterocycles. The minimum atomic E-state index is 0.259. The van der Waals surface area contributed by atoms with E-state index in [-0.39, 0.29) is 6.04 Å². The Morgan fingerprint density at radius 1 is 1.35 bits per heavy atom. The first kappa shape index (κ1) is 12.4. The van der Waals surface area contributed by atoms with Crippen molar-refractivity contribution >= 4 is 17.3 Å². The smallest absolute Gasteiger partial charge is 0.166 e. The largest absolute Gasteiger partial charge is 0.360 e. The predicted molar refractivity (Wildman–Crippen MR) is 76.2 cm³/mol. The Morgan fingerprint density at radius 2 is 2.06 bits per heavy atom. The van der Waals surface area contributed by atoms with Crippen LogP contribution in [-0.2, 0) is 0 Å². The molecule has 0 saturated heterocycles. The molecule has 0 bridgehead atoms. The van der Waals surface area contributed by atoms with E-state index in [1.165, 1.54) is 29.5 Å². The van der Waals surface area contributed by atoms with Gasteiger partial charge in [0.05, 0.1) is 6.04 Å². The molecule has 0 spiro atoms. The molecule has 1 atom stereocenters. The first-order valence-corrected chi connectivity index (χ1v) is 6.61. The van der Waals surface area contributed by atoms with Crippen LogP contribution in [0.3, 0.4) is 0 Å². The summed E-state index contributed by atoms with van der Waals surface area (Å²) in [6.45, 7) is 6.42. The SMILES string of the molecule is Cc1ccc([C@@H](C)NC(=S)NC2CC2)c(C)c1. The molecule has 1 aliphatic rings. The zero-order valence-corrected chi connectivity index (χ0v) is 11.5. The maximum absolute atomic E-state index is 5.29. The summed E-state index contributed by atoms with van der Waals surface area (Å²) in [6, 6.07) is 7.42. The Kier molecular flexibility index (Phi) is 3.67. The average Bonchev–Trinajstić information content (AvgIpc) is 3.00. The number of nitrogens with one attached hydrogen (secondary N) is 2. The maximum atomic E-state index is 5.29. The fourth-order valence-electron chi connectivity index (χ4n) is 2.04. The summed E-state index contributed by atoms with van der Waals surface area (Å²) in [5.41, 5.74) is 3.94. The van der Waals surface area contributed by atoms with Crippen molar-refractivity contribution in [3.8, 4) is 0 Å². The molecule has 92 valence electrons. The molecule has 0 aromatic heterocycles. The summed E-state index contributed by atoms with van der Waals surface area (Å²) in [4.78, 5) is 0. The second-order valence-electron chi connectivity index (χ2n) is 4.97. The van der Waals surface area contributed by atoms with Gasteiger partial charge >= 0.3 is 0 Å². The molecule has 0 amide bonds. The van der Waals surface area contributed by atoms with Gasteiger partial charge in [-0.25, -0.2) is 0 Å². The summed E-state index contributed by atoms with van der Waals surface area (Å²) in [7, 11) is 0. The summed E-state index contributed by atoms with van der Waals surface area (Å²) in [5, 5.41) is 7.43. The van der Waals surface area contributed by atoms with Crippen molar-refractivity contribution in [1.29, 1.82) is 0 Å². The molecular weight excluding hydrogens is 228 g/mol. The minimum absolute atomic E-state index is 0.259. The third-order valence-corrected chi connectivity index (χ3v) is 3.39. The van der Waals surface area contributed by atoms with Crippen LogP contribution in [0, 0.1) is 13.8 Å². The zero-order chi connectivity index (χ0) is 12.4. The van der Waals surface area contributed by atoms with Crippen LogP contribution in [0.25, 0.3) is 0 Å². The van der Waals surface area contributed by atoms with Gasteiger partial charge in [0.15, 0.2) is 5.11 Å². The number of thiocarbonyl (C=S) groups is 1. The monoisotopic (exact) mass is 248 g/mol. The topological polar surface area (TPSA) is 24.1 Å². The zero-order valence-electron chi connectivity index (χ0n) is 10.7. The van der Waals surface area contributed by atoms with E-state index in [1.54, 1.807) is 0 Å². The van der Waals surface area contributed by atoms with E-state index < -0.39 is 0 Å². The highest BCUT2D eigenvalue weighted by Crippen LogP contribution is 2.20. The molecule has 1 aliphatic carbocycles. The third kappa shape index (κ3) is 3.43. The highest BCUT2D eigenvalue weighted by atomic mass is 32.1. The lowest BCUT2D eigenvalue weighted by Gasteiger charge is -2.19. The van der Waals surface area contributed by atoms with Gasteiger partial charge in [-0.2, -0.15) is 0 Å². The third-order valence-electron chi connectivity index (χ3n) is 3.15. The number of hydrogen-bond donors (Lipinski definition) is 2. The first-order chi connectivity index (χ1) is 8.06. The molecule has 0 unspecified atom stereocenters. The van der Waals surface area contributed by atoms with Crippen LogP contribution in [0.15, 0.2) is 18.2 Å². The van der Waals surface area contributed by atoms with E-state index in [9.17, 15) is 0 Å². The standard InChI is InChI=1S/C14H20N2S/c1-9-4-7-13(10(2)8-9)11(3)15-14(17)16-12-5-6-12/h4,7-8,11-12H,5-6H2,1-3H3,(H2,15,16,17)/t11-/m1/s1. The normalized spacial score (nSPS) is 16.4. The summed E-state index contributed by atoms with van der Waals surface area (Å²) in [5.74, 6) is 0. The molecule has 2 nitrogen and oxygen atoms in total. The van der Waals surface area contributed by atoms with Crippen molar-refractivity contribution in [1.82, 2.24) is 10.6 Å². The molecule has 1 fully saturated rings. The van der Waals surface area contributed by atoms with Gasteiger partial charge in [0.25, 0.3) is 0 Å². The van der Waals surface area contributed by atoms with Gasteiger partial charge in [-0.05, 0) is 57.0 Å². The van der Waals surface area contributed by atoms with Crippen LogP contribution in [0.1, 0.15) is 42.5 Å². The van der Waals surface area contributed by atoms with Crippen LogP contribution in [0.2, 0.25) is 0 Å². The lowest BCUT2D eigenvalue weighted by atomic mass is 10.0. The van der Waals surface area contributed by atoms with Crippen molar-refractivity contribution in [3.05, 3.63) is 34.9 Å². The van der Waals surface area contributed by atoms with Gasteiger partial charge in [0, 0.05) is 6.04 Å². The highest BCUT2D eigenvalue weighted by molar-refractivity contribution is 7.80. The van der Waals surface area contributed by atoms with Gasteiger partial charge in [-0.15, -0.1) is 0 Å². The summed E-state index contributed by atoms with van der Waals surface area (Å²) < 4.78 is 0. The number of rotatable bonds is 3. The van der Waals surface area contributed by atoms with Crippen molar-refractivity contribution in [3.63, 3.8) is 0 Å². The summed E-state index contributed by atoms with van der Waals surface area (Å²) in [6.07, 6.45) is 2.50. The van der Waals surface area contributed by atoms with E-state index >= 15 is 0 Å². The summed E-state index contributed by atoms with van der Waals surface area (Å²) >= 11 is 5.29. The molecule has 17 heavy (non-hydrogen) atoms. The fourth-order valence-corrected chi connectivity index (χ4v) is 2.38. The van der Waals surface area contributed by atoms with Gasteiger partial charge in [0.1, 0.15) is 0 Å². The van der Waals surface area contributed by atoms with Crippen LogP contribution < -0.4 is 10.6 Å². The molecule has 2 rings (SSSR count). The number of hydrogen-bond acceptors (Lipinski definition) is 1. The van der Waals surface area contributed by atoms with E-state index in [1.807, 2.05) is 0 Å². The number of aryl methyl sites for hydroxylation is 2. The van der Waals surface area contributed by atoms with Crippen molar-refractivity contribution in [2.45, 2.75) is 45.7 Å². The van der Waals surface area contributed by atoms with Gasteiger partial charge in [0.2, 0.25) is 0 Å². The second kappa shape index (κ2) is 5.05. The van der Waals surface area contributed by atoms with Crippen molar-refractivity contribution in [2.75, 3.05) is 0 Å². The Labute approximate surface area is 109 Å². The van der Waals surface area contributed by atoms with E-state index in [2.05, 4.69) is 49.6 Å². The van der Waals surface area contributed by atoms with Gasteiger partial charge in [-0.3, -0.25) is 0 Å². The second-order valence-corrected chi connectivity index (χ2v) is 5.38. The Hall–Kier alpha value is -1.09. The van der Waals surface area contributed by atoms with Crippen molar-refractivity contribution in [2.24, 2.45) is 0 Å². The van der Waals surface area contributed by atoms with Crippen LogP contribution in [-0.4, -0.2) is 11.2 Å². The Morgan fingerprint density at radius 3 is 2.65 bits per heavy atom. The predicted octanol–water partition coefficient (Wildman–Crippen LogP) is 2.99. The van der Waals surface area contributed by atoms with Crippen LogP contribution in [0.5, 0.6) is 0 Å². The number of benzene rings is 1. The fraction of sp³-hybridized carbons (Fsp3) is 0.500. The van der Waals surface area contributed by atoms with E-state index in [4.69, 9.17) is 12.2 Å². The molecule has 1 aromatic carbocycles. The molecule has 0 radical (unpaired) electrons. The molecule has 1 aromatic rings. The van der Waals surface area contributed by atoms with E-state index in [0.29, 0.717) is 6.04 Å². The quantitative estimate of drug-likeness (QED) is 0.804. The van der Waals surface area contributed by atoms with E-state index in [0.717, 1.165) is 5.11 Å². The molecule has 1 saturated carbocycles. The Bertz CT molecular complexity index is 424. The Balaban J connectivity index is 1.97. The maximum Gasteiger partial charge on any atom is 0.166 e. The lowest BCUT2D eigenvalue weighted by Crippen LogP contribution is -2.38. The van der Waals surface area contributed by atoms with Crippen LogP contribution in [0.4, 0.5) is 0 Å². The lowest BCUT2D eigenvalue weighted by molar-refractivity contribution is 0.692. The molecule has 2 N–H and O–H groups in total. The average molecular weight is 248 g/mol. The molecular formula is C14H20N2S. The van der Waals surface area contributed by atoms with Crippen molar-refractivity contribution < 1.29 is 0 Å². The first-order valence-electron chi connectivity index (χ1n) is 6.20. The highest BCUT2D eigenvalue weighted by Gasteiger charge is 2.22. The minimum Gasteiger partial charge on any atom is -0.360 e. The van der Waals surface area contributed by atoms with Gasteiger partial charge < -0.3 is 10.6 Å². The van der Waals surface area contributed by atoms with Crippen LogP contribution >= 0.6 is 12.2 Å². The molecule has 0 aliphatic heterocycles. The molecule has 3 heteroatoms. The van der Waals surface area contributed by atoms with Gasteiger partial charge in [-0.1, -0.05) is 23.8 Å².